The number of aromatic nitrogens is 1. The Morgan fingerprint density at radius 1 is 1.12 bits per heavy atom. The van der Waals surface area contributed by atoms with Crippen molar-refractivity contribution in [1.82, 2.24) is 10.3 Å². The van der Waals surface area contributed by atoms with E-state index >= 15 is 0 Å². The Balaban J connectivity index is 1.59. The third-order valence-corrected chi connectivity index (χ3v) is 4.02. The van der Waals surface area contributed by atoms with Gasteiger partial charge in [0.1, 0.15) is 5.75 Å². The number of aromatic hydroxyl groups is 1. The molecule has 0 aliphatic carbocycles. The summed E-state index contributed by atoms with van der Waals surface area (Å²) < 4.78 is 0. The molecule has 24 heavy (non-hydrogen) atoms. The van der Waals surface area contributed by atoms with Crippen LogP contribution in [0, 0.1) is 6.92 Å². The van der Waals surface area contributed by atoms with Crippen molar-refractivity contribution in [2.24, 2.45) is 0 Å². The second kappa shape index (κ2) is 7.13. The van der Waals surface area contributed by atoms with E-state index in [0.29, 0.717) is 12.1 Å². The number of para-hydroxylation sites is 1. The molecule has 0 radical (unpaired) electrons. The Hall–Kier alpha value is -2.88. The standard InChI is InChI=1S/C20H20N2O2/c1-14-18(13-16-6-2-3-7-19(16)22-14)20(24)21-12-4-5-15-8-10-17(23)11-9-15/h2-3,6-11,13,23H,4-5,12H2,1H3,(H,21,24). The number of benzene rings is 2. The second-order valence-corrected chi connectivity index (χ2v) is 5.84. The summed E-state index contributed by atoms with van der Waals surface area (Å²) in [5.74, 6) is 0.183. The number of carbonyl (C=O) groups excluding carboxylic acids is 1. The van der Waals surface area contributed by atoms with E-state index in [-0.39, 0.29) is 11.7 Å². The molecule has 0 spiro atoms. The van der Waals surface area contributed by atoms with Crippen LogP contribution in [0.3, 0.4) is 0 Å². The van der Waals surface area contributed by atoms with Gasteiger partial charge >= 0.3 is 0 Å². The van der Waals surface area contributed by atoms with Crippen LogP contribution in [0.25, 0.3) is 10.9 Å². The predicted octanol–water partition coefficient (Wildman–Crippen LogP) is 3.61. The first-order valence-electron chi connectivity index (χ1n) is 8.06. The van der Waals surface area contributed by atoms with E-state index in [9.17, 15) is 9.90 Å². The number of carbonyl (C=O) groups is 1. The van der Waals surface area contributed by atoms with Crippen LogP contribution in [0.1, 0.15) is 28.0 Å². The summed E-state index contributed by atoms with van der Waals surface area (Å²) in [6.45, 7) is 2.46. The number of nitrogens with zero attached hydrogens (tertiary/aromatic N) is 1. The van der Waals surface area contributed by atoms with E-state index in [1.165, 1.54) is 0 Å². The maximum absolute atomic E-state index is 12.4. The molecule has 0 saturated heterocycles. The molecule has 2 aromatic carbocycles. The molecule has 1 aromatic heterocycles. The second-order valence-electron chi connectivity index (χ2n) is 5.84. The maximum Gasteiger partial charge on any atom is 0.253 e. The lowest BCUT2D eigenvalue weighted by molar-refractivity contribution is 0.0952. The van der Waals surface area contributed by atoms with E-state index in [0.717, 1.165) is 35.0 Å². The fourth-order valence-electron chi connectivity index (χ4n) is 2.69. The fourth-order valence-corrected chi connectivity index (χ4v) is 2.69. The number of amides is 1. The van der Waals surface area contributed by atoms with E-state index in [1.54, 1.807) is 12.1 Å². The summed E-state index contributed by atoms with van der Waals surface area (Å²) in [6.07, 6.45) is 1.70. The molecule has 0 aliphatic heterocycles. The number of nitrogens with one attached hydrogen (secondary N) is 1. The van der Waals surface area contributed by atoms with Crippen LogP contribution >= 0.6 is 0 Å². The first-order chi connectivity index (χ1) is 11.6. The molecule has 1 heterocycles. The minimum atomic E-state index is -0.0866. The lowest BCUT2D eigenvalue weighted by Gasteiger charge is -2.09. The topological polar surface area (TPSA) is 62.2 Å². The smallest absolute Gasteiger partial charge is 0.253 e. The molecular weight excluding hydrogens is 300 g/mol. The van der Waals surface area contributed by atoms with Gasteiger partial charge in [-0.15, -0.1) is 0 Å². The molecule has 2 N–H and O–H groups in total. The molecular formula is C20H20N2O2. The Kier molecular flexibility index (Phi) is 4.75. The maximum atomic E-state index is 12.4. The van der Waals surface area contributed by atoms with Gasteiger partial charge < -0.3 is 10.4 Å². The van der Waals surface area contributed by atoms with E-state index < -0.39 is 0 Å². The van der Waals surface area contributed by atoms with Gasteiger partial charge in [0.05, 0.1) is 16.8 Å². The molecule has 0 fully saturated rings. The zero-order chi connectivity index (χ0) is 16.9. The van der Waals surface area contributed by atoms with Crippen molar-refractivity contribution < 1.29 is 9.90 Å². The number of aryl methyl sites for hydroxylation is 2. The number of pyridine rings is 1. The van der Waals surface area contributed by atoms with E-state index in [1.807, 2.05) is 49.4 Å². The Labute approximate surface area is 141 Å². The first kappa shape index (κ1) is 16.0. The summed E-state index contributed by atoms with van der Waals surface area (Å²) in [4.78, 5) is 16.9. The van der Waals surface area contributed by atoms with Crippen LogP contribution in [-0.2, 0) is 6.42 Å². The first-order valence-corrected chi connectivity index (χ1v) is 8.06. The van der Waals surface area contributed by atoms with Crippen LogP contribution in [0.4, 0.5) is 0 Å². The molecule has 4 nitrogen and oxygen atoms in total. The van der Waals surface area contributed by atoms with Gasteiger partial charge in [0.15, 0.2) is 0 Å². The molecule has 0 atom stereocenters. The Bertz CT molecular complexity index is 857. The minimum Gasteiger partial charge on any atom is -0.508 e. The average Bonchev–Trinajstić information content (AvgIpc) is 2.59. The third kappa shape index (κ3) is 3.71. The van der Waals surface area contributed by atoms with Gasteiger partial charge in [0.2, 0.25) is 0 Å². The predicted molar refractivity (Wildman–Crippen MR) is 95.2 cm³/mol. The molecule has 3 rings (SSSR count). The molecule has 0 bridgehead atoms. The number of rotatable bonds is 5. The van der Waals surface area contributed by atoms with Crippen molar-refractivity contribution in [3.8, 4) is 5.75 Å². The van der Waals surface area contributed by atoms with Gasteiger partial charge in [0.25, 0.3) is 5.91 Å². The van der Waals surface area contributed by atoms with Crippen LogP contribution in [0.5, 0.6) is 5.75 Å². The highest BCUT2D eigenvalue weighted by Crippen LogP contribution is 2.16. The zero-order valence-electron chi connectivity index (χ0n) is 13.6. The minimum absolute atomic E-state index is 0.0866. The number of phenols is 1. The largest absolute Gasteiger partial charge is 0.508 e. The lowest BCUT2D eigenvalue weighted by atomic mass is 10.1. The fraction of sp³-hybridized carbons (Fsp3) is 0.200. The van der Waals surface area contributed by atoms with Crippen molar-refractivity contribution >= 4 is 16.8 Å². The average molecular weight is 320 g/mol. The monoisotopic (exact) mass is 320 g/mol. The highest BCUT2D eigenvalue weighted by molar-refractivity contribution is 5.98. The van der Waals surface area contributed by atoms with Gasteiger partial charge in [-0.25, -0.2) is 0 Å². The number of hydrogen-bond acceptors (Lipinski definition) is 3. The highest BCUT2D eigenvalue weighted by atomic mass is 16.3. The van der Waals surface area contributed by atoms with Crippen molar-refractivity contribution in [3.63, 3.8) is 0 Å². The molecule has 0 aliphatic rings. The van der Waals surface area contributed by atoms with Gasteiger partial charge in [-0.3, -0.25) is 9.78 Å². The van der Waals surface area contributed by atoms with E-state index in [4.69, 9.17) is 0 Å². The molecule has 0 saturated carbocycles. The number of hydrogen-bond donors (Lipinski definition) is 2. The van der Waals surface area contributed by atoms with E-state index in [2.05, 4.69) is 10.3 Å². The van der Waals surface area contributed by atoms with Crippen LogP contribution in [-0.4, -0.2) is 22.5 Å². The van der Waals surface area contributed by atoms with Crippen molar-refractivity contribution in [2.45, 2.75) is 19.8 Å². The van der Waals surface area contributed by atoms with Crippen LogP contribution < -0.4 is 5.32 Å². The van der Waals surface area contributed by atoms with Crippen LogP contribution in [0.15, 0.2) is 54.6 Å². The third-order valence-electron chi connectivity index (χ3n) is 4.02. The normalized spacial score (nSPS) is 10.7. The Morgan fingerprint density at radius 3 is 2.67 bits per heavy atom. The lowest BCUT2D eigenvalue weighted by Crippen LogP contribution is -2.25. The highest BCUT2D eigenvalue weighted by Gasteiger charge is 2.11. The van der Waals surface area contributed by atoms with Gasteiger partial charge in [0, 0.05) is 11.9 Å². The quantitative estimate of drug-likeness (QED) is 0.706. The molecule has 3 aromatic rings. The summed E-state index contributed by atoms with van der Waals surface area (Å²) in [7, 11) is 0. The van der Waals surface area contributed by atoms with Gasteiger partial charge in [-0.05, 0) is 49.6 Å². The molecule has 4 heteroatoms. The summed E-state index contributed by atoms with van der Waals surface area (Å²) >= 11 is 0. The zero-order valence-corrected chi connectivity index (χ0v) is 13.6. The SMILES string of the molecule is Cc1nc2ccccc2cc1C(=O)NCCCc1ccc(O)cc1. The number of fused-ring (bicyclic) bond motifs is 1. The van der Waals surface area contributed by atoms with Crippen LogP contribution in [0.2, 0.25) is 0 Å². The molecule has 0 unspecified atom stereocenters. The molecule has 1 amide bonds. The summed E-state index contributed by atoms with van der Waals surface area (Å²) in [6, 6.07) is 16.8. The summed E-state index contributed by atoms with van der Waals surface area (Å²) in [5.41, 5.74) is 3.41. The van der Waals surface area contributed by atoms with Crippen molar-refractivity contribution in [1.29, 1.82) is 0 Å². The van der Waals surface area contributed by atoms with Crippen molar-refractivity contribution in [3.05, 3.63) is 71.4 Å². The Morgan fingerprint density at radius 2 is 1.88 bits per heavy atom. The molecule has 122 valence electrons. The van der Waals surface area contributed by atoms with Crippen molar-refractivity contribution in [2.75, 3.05) is 6.54 Å². The number of phenolic OH excluding ortho intramolecular Hbond substituents is 1. The van der Waals surface area contributed by atoms with Gasteiger partial charge in [-0.2, -0.15) is 0 Å². The summed E-state index contributed by atoms with van der Waals surface area (Å²) in [5, 5.41) is 13.2. The van der Waals surface area contributed by atoms with Gasteiger partial charge in [-0.1, -0.05) is 30.3 Å².